The van der Waals surface area contributed by atoms with Gasteiger partial charge in [-0.1, -0.05) is 26.8 Å². The van der Waals surface area contributed by atoms with Gasteiger partial charge in [-0.15, -0.1) is 0 Å². The van der Waals surface area contributed by atoms with Gasteiger partial charge in [0.2, 0.25) is 5.75 Å². The fraction of sp³-hybridized carbons (Fsp3) is 0.625. The van der Waals surface area contributed by atoms with Gasteiger partial charge >= 0.3 is 0 Å². The highest BCUT2D eigenvalue weighted by atomic mass is 16.5. The van der Waals surface area contributed by atoms with E-state index in [9.17, 15) is 0 Å². The molecule has 1 aromatic carbocycles. The van der Waals surface area contributed by atoms with E-state index < -0.39 is 0 Å². The molecule has 0 heterocycles. The van der Waals surface area contributed by atoms with Gasteiger partial charge in [-0.2, -0.15) is 0 Å². The van der Waals surface area contributed by atoms with E-state index in [2.05, 4.69) is 26.1 Å². The lowest BCUT2D eigenvalue weighted by molar-refractivity contribution is 0.214. The number of hydrogen-bond acceptors (Lipinski definition) is 4. The van der Waals surface area contributed by atoms with E-state index in [-0.39, 0.29) is 0 Å². The Kier molecular flexibility index (Phi) is 7.23. The molecule has 0 aliphatic carbocycles. The fourth-order valence-electron chi connectivity index (χ4n) is 1.95. The molecule has 0 spiro atoms. The van der Waals surface area contributed by atoms with Crippen molar-refractivity contribution >= 4 is 0 Å². The van der Waals surface area contributed by atoms with Crippen LogP contribution in [0.4, 0.5) is 0 Å². The summed E-state index contributed by atoms with van der Waals surface area (Å²) in [5.41, 5.74) is 0. The first kappa shape index (κ1) is 16.6. The van der Waals surface area contributed by atoms with E-state index in [1.165, 1.54) is 0 Å². The Morgan fingerprint density at radius 3 is 2.15 bits per heavy atom. The second-order valence-electron chi connectivity index (χ2n) is 5.11. The number of nitrogens with one attached hydrogen (secondary N) is 1. The van der Waals surface area contributed by atoms with E-state index in [0.29, 0.717) is 35.8 Å². The van der Waals surface area contributed by atoms with Crippen molar-refractivity contribution in [2.45, 2.75) is 33.2 Å². The SMILES string of the molecule is CCCNC(COc1c(OC)cccc1OC)C(C)C. The summed E-state index contributed by atoms with van der Waals surface area (Å²) >= 11 is 0. The van der Waals surface area contributed by atoms with Gasteiger partial charge in [-0.3, -0.25) is 0 Å². The molecule has 0 aliphatic heterocycles. The molecule has 20 heavy (non-hydrogen) atoms. The van der Waals surface area contributed by atoms with Crippen molar-refractivity contribution in [2.75, 3.05) is 27.4 Å². The summed E-state index contributed by atoms with van der Waals surface area (Å²) in [4.78, 5) is 0. The van der Waals surface area contributed by atoms with Crippen LogP contribution in [0.5, 0.6) is 17.2 Å². The summed E-state index contributed by atoms with van der Waals surface area (Å²) in [6, 6.07) is 5.95. The molecule has 1 N–H and O–H groups in total. The minimum absolute atomic E-state index is 0.310. The second kappa shape index (κ2) is 8.69. The molecule has 4 nitrogen and oxygen atoms in total. The standard InChI is InChI=1S/C16H27NO3/c1-6-10-17-13(12(2)3)11-20-16-14(18-4)8-7-9-15(16)19-5/h7-9,12-13,17H,6,10-11H2,1-5H3. The predicted molar refractivity (Wildman–Crippen MR) is 82.0 cm³/mol. The zero-order valence-corrected chi connectivity index (χ0v) is 13.2. The quantitative estimate of drug-likeness (QED) is 0.755. The van der Waals surface area contributed by atoms with Crippen molar-refractivity contribution in [1.82, 2.24) is 5.32 Å². The highest BCUT2D eigenvalue weighted by Crippen LogP contribution is 2.36. The first-order chi connectivity index (χ1) is 9.63. The molecule has 0 saturated carbocycles. The highest BCUT2D eigenvalue weighted by Gasteiger charge is 2.17. The molecule has 1 unspecified atom stereocenters. The van der Waals surface area contributed by atoms with Crippen molar-refractivity contribution < 1.29 is 14.2 Å². The van der Waals surface area contributed by atoms with Gasteiger partial charge in [-0.25, -0.2) is 0 Å². The molecule has 0 radical (unpaired) electrons. The third kappa shape index (κ3) is 4.60. The Bertz CT molecular complexity index is 371. The molecule has 0 fully saturated rings. The van der Waals surface area contributed by atoms with Crippen LogP contribution in [0.25, 0.3) is 0 Å². The fourth-order valence-corrected chi connectivity index (χ4v) is 1.95. The van der Waals surface area contributed by atoms with Gasteiger partial charge in [0.15, 0.2) is 11.5 Å². The minimum atomic E-state index is 0.310. The van der Waals surface area contributed by atoms with Gasteiger partial charge in [0.1, 0.15) is 6.61 Å². The number of benzene rings is 1. The normalized spacial score (nSPS) is 12.3. The van der Waals surface area contributed by atoms with Crippen LogP contribution in [-0.2, 0) is 0 Å². The van der Waals surface area contributed by atoms with Crippen LogP contribution >= 0.6 is 0 Å². The van der Waals surface area contributed by atoms with Crippen molar-refractivity contribution in [3.8, 4) is 17.2 Å². The molecular weight excluding hydrogens is 254 g/mol. The average Bonchev–Trinajstić information content (AvgIpc) is 2.46. The Balaban J connectivity index is 2.76. The first-order valence-electron chi connectivity index (χ1n) is 7.21. The summed E-state index contributed by atoms with van der Waals surface area (Å²) < 4.78 is 16.6. The first-order valence-corrected chi connectivity index (χ1v) is 7.21. The molecule has 0 aromatic heterocycles. The largest absolute Gasteiger partial charge is 0.493 e. The average molecular weight is 281 g/mol. The van der Waals surface area contributed by atoms with Gasteiger partial charge in [0.25, 0.3) is 0 Å². The topological polar surface area (TPSA) is 39.7 Å². The Hall–Kier alpha value is -1.42. The van der Waals surface area contributed by atoms with Crippen molar-refractivity contribution in [3.05, 3.63) is 18.2 Å². The van der Waals surface area contributed by atoms with Gasteiger partial charge < -0.3 is 19.5 Å². The summed E-state index contributed by atoms with van der Waals surface area (Å²) in [5.74, 6) is 2.56. The van der Waals surface area contributed by atoms with E-state index in [4.69, 9.17) is 14.2 Å². The summed E-state index contributed by atoms with van der Waals surface area (Å²) in [7, 11) is 3.27. The number of methoxy groups -OCH3 is 2. The zero-order chi connectivity index (χ0) is 15.0. The molecule has 1 atom stereocenters. The Morgan fingerprint density at radius 1 is 1.10 bits per heavy atom. The number of ether oxygens (including phenoxy) is 3. The third-order valence-corrected chi connectivity index (χ3v) is 3.25. The molecule has 1 aromatic rings. The molecule has 4 heteroatoms. The smallest absolute Gasteiger partial charge is 0.203 e. The lowest BCUT2D eigenvalue weighted by atomic mass is 10.1. The molecule has 114 valence electrons. The van der Waals surface area contributed by atoms with Crippen molar-refractivity contribution in [3.63, 3.8) is 0 Å². The van der Waals surface area contributed by atoms with Crippen LogP contribution < -0.4 is 19.5 Å². The molecule has 0 amide bonds. The monoisotopic (exact) mass is 281 g/mol. The molecule has 0 aliphatic rings. The highest BCUT2D eigenvalue weighted by molar-refractivity contribution is 5.51. The van der Waals surface area contributed by atoms with Crippen LogP contribution in [0, 0.1) is 5.92 Å². The maximum Gasteiger partial charge on any atom is 0.203 e. The van der Waals surface area contributed by atoms with Crippen LogP contribution in [0.3, 0.4) is 0 Å². The van der Waals surface area contributed by atoms with E-state index in [1.807, 2.05) is 18.2 Å². The van der Waals surface area contributed by atoms with Crippen molar-refractivity contribution in [2.24, 2.45) is 5.92 Å². The van der Waals surface area contributed by atoms with Gasteiger partial charge in [-0.05, 0) is 31.0 Å². The Morgan fingerprint density at radius 2 is 1.70 bits per heavy atom. The molecule has 1 rings (SSSR count). The summed E-state index contributed by atoms with van der Waals surface area (Å²) in [6.45, 7) is 8.13. The maximum atomic E-state index is 5.96. The Labute approximate surface area is 122 Å². The van der Waals surface area contributed by atoms with Crippen LogP contribution in [0.15, 0.2) is 18.2 Å². The van der Waals surface area contributed by atoms with Crippen LogP contribution in [0.1, 0.15) is 27.2 Å². The maximum absolute atomic E-state index is 5.96. The van der Waals surface area contributed by atoms with E-state index in [1.54, 1.807) is 14.2 Å². The van der Waals surface area contributed by atoms with Gasteiger partial charge in [0, 0.05) is 6.04 Å². The van der Waals surface area contributed by atoms with Crippen LogP contribution in [0.2, 0.25) is 0 Å². The number of rotatable bonds is 9. The van der Waals surface area contributed by atoms with Gasteiger partial charge in [0.05, 0.1) is 14.2 Å². The summed E-state index contributed by atoms with van der Waals surface area (Å²) in [6.07, 6.45) is 1.11. The molecule has 0 bridgehead atoms. The predicted octanol–water partition coefficient (Wildman–Crippen LogP) is 3.11. The van der Waals surface area contributed by atoms with Crippen molar-refractivity contribution in [1.29, 1.82) is 0 Å². The van der Waals surface area contributed by atoms with E-state index in [0.717, 1.165) is 13.0 Å². The minimum Gasteiger partial charge on any atom is -0.493 e. The number of para-hydroxylation sites is 1. The third-order valence-electron chi connectivity index (χ3n) is 3.25. The van der Waals surface area contributed by atoms with E-state index >= 15 is 0 Å². The second-order valence-corrected chi connectivity index (χ2v) is 5.11. The summed E-state index contributed by atoms with van der Waals surface area (Å²) in [5, 5.41) is 3.51. The number of hydrogen-bond donors (Lipinski definition) is 1. The lowest BCUT2D eigenvalue weighted by Crippen LogP contribution is -2.39. The molecular formula is C16H27NO3. The lowest BCUT2D eigenvalue weighted by Gasteiger charge is -2.23. The molecule has 0 saturated heterocycles. The zero-order valence-electron chi connectivity index (χ0n) is 13.2. The van der Waals surface area contributed by atoms with Crippen LogP contribution in [-0.4, -0.2) is 33.4 Å².